The largest absolute Gasteiger partial charge is 0.452 e. The van der Waals surface area contributed by atoms with Crippen molar-refractivity contribution in [2.45, 2.75) is 52.7 Å². The van der Waals surface area contributed by atoms with E-state index in [1.165, 1.54) is 12.5 Å². The molecule has 0 bridgehead atoms. The number of carbonyl (C=O) groups excluding carboxylic acids is 2. The van der Waals surface area contributed by atoms with Crippen molar-refractivity contribution in [3.05, 3.63) is 47.5 Å². The first-order valence-corrected chi connectivity index (χ1v) is 7.90. The molecule has 4 nitrogen and oxygen atoms in total. The minimum absolute atomic E-state index is 0.102. The highest BCUT2D eigenvalue weighted by Crippen LogP contribution is 2.20. The number of hydrogen-bond donors (Lipinski definition) is 1. The molecule has 0 saturated heterocycles. The van der Waals surface area contributed by atoms with E-state index in [0.29, 0.717) is 5.56 Å². The molecule has 126 valence electrons. The molecule has 0 spiro atoms. The molecule has 0 fully saturated rings. The molecule has 0 amide bonds. The third-order valence-corrected chi connectivity index (χ3v) is 3.67. The maximum Gasteiger partial charge on any atom is 0.340 e. The lowest BCUT2D eigenvalue weighted by molar-refractivity contribution is -0.166. The van der Waals surface area contributed by atoms with Gasteiger partial charge in [-0.05, 0) is 39.2 Å². The molecule has 0 aliphatic rings. The van der Waals surface area contributed by atoms with Gasteiger partial charge in [-0.15, -0.1) is 0 Å². The number of benzene rings is 1. The summed E-state index contributed by atoms with van der Waals surface area (Å²) in [6.07, 6.45) is 1.46. The maximum atomic E-state index is 12.1. The number of esters is 1. The van der Waals surface area contributed by atoms with Crippen LogP contribution in [0.2, 0.25) is 0 Å². The third-order valence-electron chi connectivity index (χ3n) is 3.67. The molecule has 0 aromatic heterocycles. The zero-order valence-corrected chi connectivity index (χ0v) is 14.3. The molecule has 0 aliphatic carbocycles. The van der Waals surface area contributed by atoms with Gasteiger partial charge in [-0.1, -0.05) is 48.9 Å². The Bertz CT molecular complexity index is 544. The van der Waals surface area contributed by atoms with Gasteiger partial charge in [0.1, 0.15) is 0 Å². The van der Waals surface area contributed by atoms with E-state index in [1.54, 1.807) is 30.3 Å². The minimum atomic E-state index is -1.37. The lowest BCUT2D eigenvalue weighted by Gasteiger charge is -2.23. The van der Waals surface area contributed by atoms with E-state index in [9.17, 15) is 14.7 Å². The molecule has 0 heterocycles. The number of ketones is 1. The van der Waals surface area contributed by atoms with Crippen LogP contribution in [0.3, 0.4) is 0 Å². The predicted octanol–water partition coefficient (Wildman–Crippen LogP) is 3.60. The molecule has 4 heteroatoms. The number of aliphatic hydroxyl groups is 1. The molecule has 1 aromatic rings. The SMILES string of the molecule is CC(=O)[C@@H](OC(=O)[C@H](O)c1ccccc1)C(C)CCC=C(C)C. The van der Waals surface area contributed by atoms with Crippen LogP contribution in [0, 0.1) is 5.92 Å². The van der Waals surface area contributed by atoms with Crippen molar-refractivity contribution in [1.82, 2.24) is 0 Å². The summed E-state index contributed by atoms with van der Waals surface area (Å²) in [6, 6.07) is 8.55. The first-order chi connectivity index (χ1) is 10.8. The van der Waals surface area contributed by atoms with Crippen LogP contribution in [0.4, 0.5) is 0 Å². The summed E-state index contributed by atoms with van der Waals surface area (Å²) in [5.41, 5.74) is 1.67. The van der Waals surface area contributed by atoms with Crippen molar-refractivity contribution < 1.29 is 19.4 Å². The zero-order chi connectivity index (χ0) is 17.4. The highest BCUT2D eigenvalue weighted by Gasteiger charge is 2.29. The number of aliphatic hydroxyl groups excluding tert-OH is 1. The third kappa shape index (κ3) is 6.37. The fraction of sp³-hybridized carbons (Fsp3) is 0.474. The topological polar surface area (TPSA) is 63.6 Å². The van der Waals surface area contributed by atoms with E-state index in [2.05, 4.69) is 6.08 Å². The van der Waals surface area contributed by atoms with Crippen LogP contribution in [0.5, 0.6) is 0 Å². The van der Waals surface area contributed by atoms with E-state index in [1.807, 2.05) is 20.8 Å². The van der Waals surface area contributed by atoms with Crippen molar-refractivity contribution in [1.29, 1.82) is 0 Å². The van der Waals surface area contributed by atoms with Crippen molar-refractivity contribution >= 4 is 11.8 Å². The van der Waals surface area contributed by atoms with Crippen LogP contribution in [0.25, 0.3) is 0 Å². The van der Waals surface area contributed by atoms with Gasteiger partial charge in [0.15, 0.2) is 18.0 Å². The number of rotatable bonds is 8. The van der Waals surface area contributed by atoms with Gasteiger partial charge < -0.3 is 9.84 Å². The van der Waals surface area contributed by atoms with E-state index in [-0.39, 0.29) is 11.7 Å². The van der Waals surface area contributed by atoms with Crippen LogP contribution in [-0.2, 0) is 14.3 Å². The Morgan fingerprint density at radius 1 is 1.17 bits per heavy atom. The van der Waals surface area contributed by atoms with Gasteiger partial charge >= 0.3 is 5.97 Å². The normalized spacial score (nSPS) is 14.5. The maximum absolute atomic E-state index is 12.1. The molecular formula is C19H26O4. The number of allylic oxidation sites excluding steroid dienone is 2. The summed E-state index contributed by atoms with van der Waals surface area (Å²) in [4.78, 5) is 23.9. The van der Waals surface area contributed by atoms with Gasteiger partial charge in [-0.3, -0.25) is 4.79 Å². The van der Waals surface area contributed by atoms with Crippen molar-refractivity contribution in [2.24, 2.45) is 5.92 Å². The molecular weight excluding hydrogens is 292 g/mol. The van der Waals surface area contributed by atoms with Crippen LogP contribution in [0.15, 0.2) is 42.0 Å². The van der Waals surface area contributed by atoms with Crippen LogP contribution in [-0.4, -0.2) is 23.0 Å². The first kappa shape index (κ1) is 19.1. The highest BCUT2D eigenvalue weighted by atomic mass is 16.6. The molecule has 3 atom stereocenters. The van der Waals surface area contributed by atoms with Gasteiger partial charge in [0.25, 0.3) is 0 Å². The van der Waals surface area contributed by atoms with E-state index >= 15 is 0 Å². The molecule has 0 radical (unpaired) electrons. The van der Waals surface area contributed by atoms with Crippen LogP contribution < -0.4 is 0 Å². The molecule has 1 unspecified atom stereocenters. The summed E-state index contributed by atoms with van der Waals surface area (Å²) < 4.78 is 5.29. The molecule has 1 N–H and O–H groups in total. The molecule has 0 aliphatic heterocycles. The lowest BCUT2D eigenvalue weighted by atomic mass is 9.95. The molecule has 1 aromatic carbocycles. The monoisotopic (exact) mass is 318 g/mol. The van der Waals surface area contributed by atoms with Gasteiger partial charge in [-0.2, -0.15) is 0 Å². The summed E-state index contributed by atoms with van der Waals surface area (Å²) in [5.74, 6) is -1.09. The fourth-order valence-electron chi connectivity index (χ4n) is 2.35. The molecule has 23 heavy (non-hydrogen) atoms. The summed E-state index contributed by atoms with van der Waals surface area (Å²) in [6.45, 7) is 7.32. The van der Waals surface area contributed by atoms with Gasteiger partial charge in [0.05, 0.1) is 0 Å². The second-order valence-corrected chi connectivity index (χ2v) is 6.12. The van der Waals surface area contributed by atoms with Gasteiger partial charge in [-0.25, -0.2) is 4.79 Å². The standard InChI is InChI=1S/C19H26O4/c1-13(2)9-8-10-14(3)18(15(4)20)23-19(22)17(21)16-11-6-5-7-12-16/h5-7,9,11-12,14,17-18,21H,8,10H2,1-4H3/t14?,17-,18+/m1/s1. The second-order valence-electron chi connectivity index (χ2n) is 6.12. The number of hydrogen-bond acceptors (Lipinski definition) is 4. The Labute approximate surface area is 138 Å². The predicted molar refractivity (Wildman–Crippen MR) is 89.8 cm³/mol. The molecule has 1 rings (SSSR count). The van der Waals surface area contributed by atoms with E-state index in [4.69, 9.17) is 4.74 Å². The van der Waals surface area contributed by atoms with E-state index in [0.717, 1.165) is 12.8 Å². The van der Waals surface area contributed by atoms with Crippen LogP contribution in [0.1, 0.15) is 52.2 Å². The first-order valence-electron chi connectivity index (χ1n) is 7.90. The van der Waals surface area contributed by atoms with Gasteiger partial charge in [0, 0.05) is 5.92 Å². The smallest absolute Gasteiger partial charge is 0.340 e. The number of carbonyl (C=O) groups is 2. The van der Waals surface area contributed by atoms with Crippen molar-refractivity contribution in [3.63, 3.8) is 0 Å². The molecule has 0 saturated carbocycles. The Hall–Kier alpha value is -1.94. The van der Waals surface area contributed by atoms with E-state index < -0.39 is 18.2 Å². The summed E-state index contributed by atoms with van der Waals surface area (Å²) in [5, 5.41) is 10.1. The summed E-state index contributed by atoms with van der Waals surface area (Å²) in [7, 11) is 0. The number of ether oxygens (including phenoxy) is 1. The average Bonchev–Trinajstić information content (AvgIpc) is 2.51. The lowest BCUT2D eigenvalue weighted by Crippen LogP contribution is -2.33. The zero-order valence-electron chi connectivity index (χ0n) is 14.3. The average molecular weight is 318 g/mol. The Morgan fingerprint density at radius 2 is 1.78 bits per heavy atom. The van der Waals surface area contributed by atoms with Crippen LogP contribution >= 0.6 is 0 Å². The number of Topliss-reactive ketones (excluding diaryl/α,β-unsaturated/α-hetero) is 1. The highest BCUT2D eigenvalue weighted by molar-refractivity contribution is 5.85. The fourth-order valence-corrected chi connectivity index (χ4v) is 2.35. The van der Waals surface area contributed by atoms with Crippen molar-refractivity contribution in [3.8, 4) is 0 Å². The quantitative estimate of drug-likeness (QED) is 0.587. The Kier molecular flexibility index (Phi) is 7.69. The van der Waals surface area contributed by atoms with Gasteiger partial charge in [0.2, 0.25) is 0 Å². The second kappa shape index (κ2) is 9.26. The van der Waals surface area contributed by atoms with Crippen molar-refractivity contribution in [2.75, 3.05) is 0 Å². The Balaban J connectivity index is 2.69. The minimum Gasteiger partial charge on any atom is -0.452 e. The summed E-state index contributed by atoms with van der Waals surface area (Å²) >= 11 is 0. The Morgan fingerprint density at radius 3 is 2.30 bits per heavy atom.